The highest BCUT2D eigenvalue weighted by Gasteiger charge is 2.12. The Morgan fingerprint density at radius 2 is 1.00 bits per heavy atom. The van der Waals surface area contributed by atoms with Crippen LogP contribution in [-0.2, 0) is 0 Å². The molecule has 2 rings (SSSR count). The van der Waals surface area contributed by atoms with E-state index in [2.05, 4.69) is 74.5 Å². The lowest BCUT2D eigenvalue weighted by atomic mass is 10.2. The first kappa shape index (κ1) is 16.2. The molecule has 1 heteroatoms. The van der Waals surface area contributed by atoms with E-state index < -0.39 is 0 Å². The summed E-state index contributed by atoms with van der Waals surface area (Å²) < 4.78 is 2.96. The van der Waals surface area contributed by atoms with Crippen molar-refractivity contribution in [3.05, 3.63) is 67.8 Å². The van der Waals surface area contributed by atoms with Gasteiger partial charge in [-0.1, -0.05) is 75.9 Å². The molecule has 102 valence electrons. The SMILES string of the molecule is CCCCCC.c1ccc([I+]c2ccccc2)cc1. The molecule has 0 atom stereocenters. The van der Waals surface area contributed by atoms with Gasteiger partial charge in [-0.3, -0.25) is 0 Å². The van der Waals surface area contributed by atoms with Crippen molar-refractivity contribution < 1.29 is 21.2 Å². The Morgan fingerprint density at radius 1 is 0.632 bits per heavy atom. The maximum absolute atomic E-state index is 2.23. The lowest BCUT2D eigenvalue weighted by Crippen LogP contribution is -3.61. The average Bonchev–Trinajstić information content (AvgIpc) is 2.48. The maximum atomic E-state index is 2.23. The van der Waals surface area contributed by atoms with Crippen molar-refractivity contribution in [2.75, 3.05) is 0 Å². The van der Waals surface area contributed by atoms with Crippen LogP contribution in [0.3, 0.4) is 0 Å². The second-order valence-corrected chi connectivity index (χ2v) is 7.42. The van der Waals surface area contributed by atoms with Gasteiger partial charge in [0.15, 0.2) is 7.14 Å². The topological polar surface area (TPSA) is 0 Å². The van der Waals surface area contributed by atoms with E-state index in [-0.39, 0.29) is 21.2 Å². The van der Waals surface area contributed by atoms with Gasteiger partial charge in [0.05, 0.1) is 0 Å². The number of unbranched alkanes of at least 4 members (excludes halogenated alkanes) is 3. The van der Waals surface area contributed by atoms with E-state index >= 15 is 0 Å². The molecule has 0 radical (unpaired) electrons. The van der Waals surface area contributed by atoms with Crippen LogP contribution in [0.1, 0.15) is 39.5 Å². The summed E-state index contributed by atoms with van der Waals surface area (Å²) in [5, 5.41) is 0. The molecule has 2 aromatic carbocycles. The first-order chi connectivity index (χ1) is 9.36. The predicted molar refractivity (Wildman–Crippen MR) is 80.1 cm³/mol. The fourth-order valence-electron chi connectivity index (χ4n) is 1.58. The van der Waals surface area contributed by atoms with Crippen LogP contribution in [0.25, 0.3) is 0 Å². The molecule has 0 unspecified atom stereocenters. The third-order valence-corrected chi connectivity index (χ3v) is 5.33. The molecule has 0 N–H and O–H groups in total. The zero-order valence-corrected chi connectivity index (χ0v) is 14.1. The van der Waals surface area contributed by atoms with Gasteiger partial charge in [0, 0.05) is 0 Å². The Balaban J connectivity index is 0.000000258. The first-order valence-corrected chi connectivity index (χ1v) is 9.27. The van der Waals surface area contributed by atoms with Crippen LogP contribution in [0.2, 0.25) is 0 Å². The van der Waals surface area contributed by atoms with E-state index in [1.807, 2.05) is 0 Å². The molecule has 0 saturated heterocycles. The van der Waals surface area contributed by atoms with Crippen LogP contribution in [0, 0.1) is 7.14 Å². The molecular formula is C18H24I+. The minimum atomic E-state index is 0.0287. The van der Waals surface area contributed by atoms with Gasteiger partial charge in [-0.2, -0.15) is 0 Å². The Hall–Kier alpha value is -0.830. The van der Waals surface area contributed by atoms with Crippen LogP contribution in [0.5, 0.6) is 0 Å². The highest BCUT2D eigenvalue weighted by Crippen LogP contribution is 1.95. The average molecular weight is 367 g/mol. The van der Waals surface area contributed by atoms with Crippen molar-refractivity contribution in [3.8, 4) is 0 Å². The van der Waals surface area contributed by atoms with Crippen LogP contribution < -0.4 is 21.2 Å². The Morgan fingerprint density at radius 3 is 1.32 bits per heavy atom. The summed E-state index contributed by atoms with van der Waals surface area (Å²) >= 11 is 0.0287. The van der Waals surface area contributed by atoms with Crippen molar-refractivity contribution in [1.82, 2.24) is 0 Å². The van der Waals surface area contributed by atoms with Gasteiger partial charge in [0.1, 0.15) is 0 Å². The molecule has 19 heavy (non-hydrogen) atoms. The fourth-order valence-corrected chi connectivity index (χ4v) is 3.85. The van der Waals surface area contributed by atoms with Gasteiger partial charge in [0.2, 0.25) is 0 Å². The summed E-state index contributed by atoms with van der Waals surface area (Å²) in [6.45, 7) is 4.46. The number of rotatable bonds is 5. The zero-order valence-electron chi connectivity index (χ0n) is 12.0. The van der Waals surface area contributed by atoms with E-state index in [1.54, 1.807) is 0 Å². The van der Waals surface area contributed by atoms with Crippen molar-refractivity contribution in [2.45, 2.75) is 39.5 Å². The van der Waals surface area contributed by atoms with Crippen molar-refractivity contribution in [1.29, 1.82) is 0 Å². The molecule has 0 aliphatic heterocycles. The molecule has 0 spiro atoms. The zero-order chi connectivity index (χ0) is 13.8. The van der Waals surface area contributed by atoms with E-state index in [0.717, 1.165) is 0 Å². The molecular weight excluding hydrogens is 343 g/mol. The second kappa shape index (κ2) is 11.0. The molecule has 2 aromatic rings. The Labute approximate surface area is 128 Å². The molecule has 0 aliphatic rings. The van der Waals surface area contributed by atoms with E-state index in [9.17, 15) is 0 Å². The first-order valence-electron chi connectivity index (χ1n) is 7.11. The van der Waals surface area contributed by atoms with Gasteiger partial charge in [-0.05, 0) is 24.3 Å². The molecule has 0 aromatic heterocycles. The highest BCUT2D eigenvalue weighted by molar-refractivity contribution is 5.02. The van der Waals surface area contributed by atoms with Gasteiger partial charge in [-0.15, -0.1) is 0 Å². The second-order valence-electron chi connectivity index (χ2n) is 4.39. The Bertz CT molecular complexity index is 367. The number of halogens is 1. The molecule has 0 fully saturated rings. The minimum Gasteiger partial charge on any atom is -0.0654 e. The van der Waals surface area contributed by atoms with Crippen molar-refractivity contribution in [3.63, 3.8) is 0 Å². The number of benzene rings is 2. The predicted octanol–water partition coefficient (Wildman–Crippen LogP) is 2.40. The van der Waals surface area contributed by atoms with E-state index in [1.165, 1.54) is 32.8 Å². The summed E-state index contributed by atoms with van der Waals surface area (Å²) in [5.74, 6) is 0. The Kier molecular flexibility index (Phi) is 9.42. The molecule has 0 amide bonds. The number of hydrogen-bond donors (Lipinski definition) is 0. The quantitative estimate of drug-likeness (QED) is 0.563. The highest BCUT2D eigenvalue weighted by atomic mass is 127. The van der Waals surface area contributed by atoms with Crippen molar-refractivity contribution in [2.24, 2.45) is 0 Å². The molecule has 0 nitrogen and oxygen atoms in total. The smallest absolute Gasteiger partial charge is 0.0654 e. The monoisotopic (exact) mass is 367 g/mol. The summed E-state index contributed by atoms with van der Waals surface area (Å²) in [5.41, 5.74) is 0. The fraction of sp³-hybridized carbons (Fsp3) is 0.333. The maximum Gasteiger partial charge on any atom is 0.357 e. The summed E-state index contributed by atoms with van der Waals surface area (Å²) in [4.78, 5) is 0. The standard InChI is InChI=1S/C12H10I.C6H14/c1-3-7-11(8-4-1)13-12-9-5-2-6-10-12;1-3-5-6-4-2/h1-10H;3-6H2,1-2H3/q+1;. The largest absolute Gasteiger partial charge is 0.357 e. The molecule has 0 saturated carbocycles. The minimum absolute atomic E-state index is 0.0287. The van der Waals surface area contributed by atoms with Crippen LogP contribution in [0.15, 0.2) is 60.7 Å². The third-order valence-electron chi connectivity index (χ3n) is 2.64. The van der Waals surface area contributed by atoms with E-state index in [4.69, 9.17) is 0 Å². The molecule has 0 bridgehead atoms. The number of hydrogen-bond acceptors (Lipinski definition) is 0. The van der Waals surface area contributed by atoms with Crippen LogP contribution >= 0.6 is 0 Å². The van der Waals surface area contributed by atoms with Gasteiger partial charge in [-0.25, -0.2) is 0 Å². The molecule has 0 heterocycles. The molecule has 0 aliphatic carbocycles. The summed E-state index contributed by atoms with van der Waals surface area (Å²) in [7, 11) is 0. The van der Waals surface area contributed by atoms with Gasteiger partial charge in [0.25, 0.3) is 0 Å². The van der Waals surface area contributed by atoms with Crippen molar-refractivity contribution >= 4 is 0 Å². The lowest BCUT2D eigenvalue weighted by Gasteiger charge is -1.86. The third kappa shape index (κ3) is 8.04. The normalized spacial score (nSPS) is 9.58. The van der Waals surface area contributed by atoms with Gasteiger partial charge < -0.3 is 0 Å². The van der Waals surface area contributed by atoms with Crippen LogP contribution in [0.4, 0.5) is 0 Å². The van der Waals surface area contributed by atoms with Gasteiger partial charge >= 0.3 is 21.2 Å². The van der Waals surface area contributed by atoms with E-state index in [0.29, 0.717) is 0 Å². The summed E-state index contributed by atoms with van der Waals surface area (Å²) in [6.07, 6.45) is 5.54. The summed E-state index contributed by atoms with van der Waals surface area (Å²) in [6, 6.07) is 21.4. The van der Waals surface area contributed by atoms with Crippen LogP contribution in [-0.4, -0.2) is 0 Å². The lowest BCUT2D eigenvalue weighted by molar-refractivity contribution is -0.597.